The highest BCUT2D eigenvalue weighted by molar-refractivity contribution is 7.93. The maximum Gasteiger partial charge on any atom is 0.264 e. The number of aryl methyl sites for hydroxylation is 1. The lowest BCUT2D eigenvalue weighted by atomic mass is 10.1. The SMILES string of the molecule is Cc1ccccc1S(=O)(=O)N1CCc2cccc(N)c21. The van der Waals surface area contributed by atoms with Gasteiger partial charge in [0.15, 0.2) is 0 Å². The predicted molar refractivity (Wildman–Crippen MR) is 80.3 cm³/mol. The van der Waals surface area contributed by atoms with Gasteiger partial charge in [0.25, 0.3) is 10.0 Å². The quantitative estimate of drug-likeness (QED) is 0.863. The largest absolute Gasteiger partial charge is 0.397 e. The second kappa shape index (κ2) is 4.52. The molecule has 1 aliphatic rings. The van der Waals surface area contributed by atoms with Crippen LogP contribution in [0.5, 0.6) is 0 Å². The van der Waals surface area contributed by atoms with E-state index >= 15 is 0 Å². The van der Waals surface area contributed by atoms with Crippen LogP contribution >= 0.6 is 0 Å². The van der Waals surface area contributed by atoms with Crippen LogP contribution in [0.1, 0.15) is 11.1 Å². The summed E-state index contributed by atoms with van der Waals surface area (Å²) in [5.74, 6) is 0. The number of anilines is 2. The number of fused-ring (bicyclic) bond motifs is 1. The van der Waals surface area contributed by atoms with Crippen LogP contribution in [-0.4, -0.2) is 15.0 Å². The number of hydrogen-bond acceptors (Lipinski definition) is 3. The number of nitrogens with zero attached hydrogens (tertiary/aromatic N) is 1. The van der Waals surface area contributed by atoms with E-state index in [0.29, 0.717) is 29.2 Å². The Bertz CT molecular complexity index is 769. The molecular formula is C15H16N2O2S. The van der Waals surface area contributed by atoms with Crippen molar-refractivity contribution in [3.63, 3.8) is 0 Å². The molecule has 2 aromatic carbocycles. The van der Waals surface area contributed by atoms with Gasteiger partial charge in [0.05, 0.1) is 16.3 Å². The summed E-state index contributed by atoms with van der Waals surface area (Å²) in [6.45, 7) is 2.25. The third-order valence-corrected chi connectivity index (χ3v) is 5.61. The van der Waals surface area contributed by atoms with Crippen molar-refractivity contribution in [3.8, 4) is 0 Å². The fourth-order valence-corrected chi connectivity index (χ4v) is 4.41. The molecule has 20 heavy (non-hydrogen) atoms. The molecule has 4 nitrogen and oxygen atoms in total. The van der Waals surface area contributed by atoms with Crippen LogP contribution in [0.3, 0.4) is 0 Å². The number of nitrogen functional groups attached to an aromatic ring is 1. The summed E-state index contributed by atoms with van der Waals surface area (Å²) in [6, 6.07) is 12.5. The third kappa shape index (κ3) is 1.86. The van der Waals surface area contributed by atoms with Crippen molar-refractivity contribution in [2.45, 2.75) is 18.2 Å². The minimum Gasteiger partial charge on any atom is -0.397 e. The number of benzene rings is 2. The smallest absolute Gasteiger partial charge is 0.264 e. The van der Waals surface area contributed by atoms with Gasteiger partial charge >= 0.3 is 0 Å². The van der Waals surface area contributed by atoms with Crippen molar-refractivity contribution >= 4 is 21.4 Å². The van der Waals surface area contributed by atoms with E-state index in [1.54, 1.807) is 31.2 Å². The molecule has 0 saturated carbocycles. The first-order chi connectivity index (χ1) is 9.51. The van der Waals surface area contributed by atoms with Crippen LogP contribution in [0, 0.1) is 6.92 Å². The molecule has 1 aliphatic heterocycles. The summed E-state index contributed by atoms with van der Waals surface area (Å²) < 4.78 is 27.1. The van der Waals surface area contributed by atoms with Crippen LogP contribution in [-0.2, 0) is 16.4 Å². The molecule has 3 rings (SSSR count). The molecule has 0 atom stereocenters. The van der Waals surface area contributed by atoms with E-state index in [9.17, 15) is 8.42 Å². The molecule has 0 radical (unpaired) electrons. The molecule has 0 aromatic heterocycles. The van der Waals surface area contributed by atoms with Gasteiger partial charge in [0, 0.05) is 6.54 Å². The van der Waals surface area contributed by atoms with Crippen molar-refractivity contribution in [3.05, 3.63) is 53.6 Å². The van der Waals surface area contributed by atoms with Gasteiger partial charge in [0.2, 0.25) is 0 Å². The highest BCUT2D eigenvalue weighted by Gasteiger charge is 2.32. The molecule has 5 heteroatoms. The van der Waals surface area contributed by atoms with Crippen molar-refractivity contribution in [2.75, 3.05) is 16.6 Å². The van der Waals surface area contributed by atoms with Crippen LogP contribution in [0.15, 0.2) is 47.4 Å². The predicted octanol–water partition coefficient (Wildman–Crippen LogP) is 2.33. The molecule has 0 spiro atoms. The molecular weight excluding hydrogens is 272 g/mol. The molecule has 0 unspecified atom stereocenters. The normalized spacial score (nSPS) is 14.3. The second-order valence-electron chi connectivity index (χ2n) is 4.95. The van der Waals surface area contributed by atoms with E-state index in [4.69, 9.17) is 5.73 Å². The Labute approximate surface area is 118 Å². The Morgan fingerprint density at radius 3 is 2.60 bits per heavy atom. The molecule has 0 saturated heterocycles. The van der Waals surface area contributed by atoms with E-state index in [2.05, 4.69) is 0 Å². The van der Waals surface area contributed by atoms with Crippen molar-refractivity contribution in [1.82, 2.24) is 0 Å². The Morgan fingerprint density at radius 2 is 1.85 bits per heavy atom. The monoisotopic (exact) mass is 288 g/mol. The minimum absolute atomic E-state index is 0.344. The van der Waals surface area contributed by atoms with E-state index in [0.717, 1.165) is 11.1 Å². The van der Waals surface area contributed by atoms with E-state index in [1.165, 1.54) is 4.31 Å². The number of rotatable bonds is 2. The Kier molecular flexibility index (Phi) is 2.94. The number of sulfonamides is 1. The molecule has 0 aliphatic carbocycles. The van der Waals surface area contributed by atoms with Gasteiger partial charge in [-0.3, -0.25) is 4.31 Å². The first-order valence-corrected chi connectivity index (χ1v) is 7.91. The summed E-state index contributed by atoms with van der Waals surface area (Å²) in [5.41, 5.74) is 8.85. The Morgan fingerprint density at radius 1 is 1.10 bits per heavy atom. The van der Waals surface area contributed by atoms with Crippen LogP contribution in [0.2, 0.25) is 0 Å². The lowest BCUT2D eigenvalue weighted by Crippen LogP contribution is -2.30. The number of para-hydroxylation sites is 1. The van der Waals surface area contributed by atoms with E-state index < -0.39 is 10.0 Å². The van der Waals surface area contributed by atoms with Gasteiger partial charge in [-0.1, -0.05) is 30.3 Å². The fourth-order valence-electron chi connectivity index (χ4n) is 2.66. The number of nitrogens with two attached hydrogens (primary N) is 1. The standard InChI is InChI=1S/C15H16N2O2S/c1-11-5-2-3-8-14(11)20(18,19)17-10-9-12-6-4-7-13(16)15(12)17/h2-8H,9-10,16H2,1H3. The zero-order chi connectivity index (χ0) is 14.3. The zero-order valence-electron chi connectivity index (χ0n) is 11.2. The van der Waals surface area contributed by atoms with E-state index in [1.807, 2.05) is 18.2 Å². The highest BCUT2D eigenvalue weighted by Crippen LogP contribution is 2.37. The summed E-state index contributed by atoms with van der Waals surface area (Å²) in [4.78, 5) is 0.344. The summed E-state index contributed by atoms with van der Waals surface area (Å²) in [7, 11) is -3.55. The zero-order valence-corrected chi connectivity index (χ0v) is 12.0. The van der Waals surface area contributed by atoms with Crippen LogP contribution in [0.25, 0.3) is 0 Å². The average molecular weight is 288 g/mol. The first kappa shape index (κ1) is 13.0. The molecule has 0 amide bonds. The van der Waals surface area contributed by atoms with Crippen molar-refractivity contribution in [1.29, 1.82) is 0 Å². The highest BCUT2D eigenvalue weighted by atomic mass is 32.2. The lowest BCUT2D eigenvalue weighted by molar-refractivity contribution is 0.591. The minimum atomic E-state index is -3.55. The topological polar surface area (TPSA) is 63.4 Å². The second-order valence-corrected chi connectivity index (χ2v) is 6.78. The molecule has 0 bridgehead atoms. The van der Waals surface area contributed by atoms with Gasteiger partial charge in [-0.15, -0.1) is 0 Å². The maximum atomic E-state index is 12.8. The molecule has 1 heterocycles. The van der Waals surface area contributed by atoms with E-state index in [-0.39, 0.29) is 0 Å². The summed E-state index contributed by atoms with van der Waals surface area (Å²) in [5, 5.41) is 0. The lowest BCUT2D eigenvalue weighted by Gasteiger charge is -2.21. The Hall–Kier alpha value is -2.01. The fraction of sp³-hybridized carbons (Fsp3) is 0.200. The molecule has 2 aromatic rings. The van der Waals surface area contributed by atoms with Gasteiger partial charge in [-0.05, 0) is 36.6 Å². The molecule has 0 fully saturated rings. The first-order valence-electron chi connectivity index (χ1n) is 6.47. The van der Waals surface area contributed by atoms with Gasteiger partial charge < -0.3 is 5.73 Å². The maximum absolute atomic E-state index is 12.8. The third-order valence-electron chi connectivity index (χ3n) is 3.65. The van der Waals surface area contributed by atoms with Crippen molar-refractivity contribution < 1.29 is 8.42 Å². The van der Waals surface area contributed by atoms with Gasteiger partial charge in [-0.25, -0.2) is 8.42 Å². The molecule has 2 N–H and O–H groups in total. The molecule has 104 valence electrons. The Balaban J connectivity index is 2.15. The van der Waals surface area contributed by atoms with Gasteiger partial charge in [0.1, 0.15) is 0 Å². The summed E-state index contributed by atoms with van der Waals surface area (Å²) >= 11 is 0. The van der Waals surface area contributed by atoms with Crippen molar-refractivity contribution in [2.24, 2.45) is 0 Å². The van der Waals surface area contributed by atoms with Gasteiger partial charge in [-0.2, -0.15) is 0 Å². The van der Waals surface area contributed by atoms with Crippen LogP contribution < -0.4 is 10.0 Å². The van der Waals surface area contributed by atoms with Crippen LogP contribution in [0.4, 0.5) is 11.4 Å². The number of hydrogen-bond donors (Lipinski definition) is 1. The summed E-state index contributed by atoms with van der Waals surface area (Å²) in [6.07, 6.45) is 0.700. The average Bonchev–Trinajstić information content (AvgIpc) is 2.85.